The summed E-state index contributed by atoms with van der Waals surface area (Å²) in [6.45, 7) is 0. The molecule has 0 atom stereocenters. The number of primary amides is 1. The predicted molar refractivity (Wildman–Crippen MR) is 107 cm³/mol. The summed E-state index contributed by atoms with van der Waals surface area (Å²) < 4.78 is 0. The Morgan fingerprint density at radius 1 is 0.926 bits per heavy atom. The van der Waals surface area contributed by atoms with Crippen LogP contribution in [0.1, 0.15) is 15.9 Å². The van der Waals surface area contributed by atoms with E-state index in [2.05, 4.69) is 10.6 Å². The van der Waals surface area contributed by atoms with Gasteiger partial charge in [-0.3, -0.25) is 9.59 Å². The Hall–Kier alpha value is -3.86. The third kappa shape index (κ3) is 3.30. The molecule has 4 N–H and O–H groups in total. The van der Waals surface area contributed by atoms with Crippen molar-refractivity contribution < 1.29 is 9.59 Å². The molecule has 1 aliphatic rings. The number of anilines is 2. The third-order valence-corrected chi connectivity index (χ3v) is 4.44. The summed E-state index contributed by atoms with van der Waals surface area (Å²) in [6, 6.07) is 22.7. The zero-order chi connectivity index (χ0) is 18.8. The van der Waals surface area contributed by atoms with Gasteiger partial charge >= 0.3 is 0 Å². The van der Waals surface area contributed by atoms with Crippen LogP contribution in [0.4, 0.5) is 11.4 Å². The molecule has 0 fully saturated rings. The van der Waals surface area contributed by atoms with Crippen LogP contribution in [0.3, 0.4) is 0 Å². The van der Waals surface area contributed by atoms with Crippen molar-refractivity contribution in [1.29, 1.82) is 0 Å². The summed E-state index contributed by atoms with van der Waals surface area (Å²) in [5.74, 6) is -0.669. The van der Waals surface area contributed by atoms with Crippen molar-refractivity contribution in [3.8, 4) is 11.1 Å². The van der Waals surface area contributed by atoms with E-state index < -0.39 is 5.91 Å². The number of carbonyl (C=O) groups excluding carboxylic acids is 2. The van der Waals surface area contributed by atoms with Gasteiger partial charge in [0.2, 0.25) is 5.91 Å². The summed E-state index contributed by atoms with van der Waals surface area (Å²) in [5, 5.41) is 5.97. The summed E-state index contributed by atoms with van der Waals surface area (Å²) in [4.78, 5) is 23.7. The lowest BCUT2D eigenvalue weighted by Crippen LogP contribution is -2.11. The van der Waals surface area contributed by atoms with Crippen LogP contribution in [0.15, 0.2) is 79.0 Å². The first-order valence-corrected chi connectivity index (χ1v) is 8.49. The highest BCUT2D eigenvalue weighted by molar-refractivity contribution is 6.31. The van der Waals surface area contributed by atoms with Crippen LogP contribution in [0.2, 0.25) is 0 Å². The number of fused-ring (bicyclic) bond motifs is 1. The topological polar surface area (TPSA) is 84.2 Å². The number of hydrogen-bond donors (Lipinski definition) is 3. The molecule has 5 heteroatoms. The maximum Gasteiger partial charge on any atom is 0.257 e. The van der Waals surface area contributed by atoms with E-state index >= 15 is 0 Å². The Morgan fingerprint density at radius 2 is 1.74 bits per heavy atom. The highest BCUT2D eigenvalue weighted by Crippen LogP contribution is 2.35. The monoisotopic (exact) mass is 355 g/mol. The molecule has 27 heavy (non-hydrogen) atoms. The molecule has 5 nitrogen and oxygen atoms in total. The van der Waals surface area contributed by atoms with Gasteiger partial charge in [0.25, 0.3) is 5.91 Å². The molecule has 0 aromatic heterocycles. The van der Waals surface area contributed by atoms with Crippen LogP contribution in [0.5, 0.6) is 0 Å². The van der Waals surface area contributed by atoms with Gasteiger partial charge in [0, 0.05) is 28.7 Å². The molecule has 0 radical (unpaired) electrons. The Morgan fingerprint density at radius 3 is 2.52 bits per heavy atom. The van der Waals surface area contributed by atoms with Crippen molar-refractivity contribution in [2.45, 2.75) is 0 Å². The first-order chi connectivity index (χ1) is 13.1. The van der Waals surface area contributed by atoms with E-state index in [0.717, 1.165) is 22.4 Å². The fraction of sp³-hybridized carbons (Fsp3) is 0. The Bertz CT molecular complexity index is 1070. The summed E-state index contributed by atoms with van der Waals surface area (Å²) in [7, 11) is 0. The molecule has 1 heterocycles. The number of hydrogen-bond acceptors (Lipinski definition) is 3. The van der Waals surface area contributed by atoms with Gasteiger partial charge in [0.1, 0.15) is 0 Å². The average molecular weight is 355 g/mol. The van der Waals surface area contributed by atoms with Gasteiger partial charge in [0.05, 0.1) is 5.57 Å². The van der Waals surface area contributed by atoms with Crippen LogP contribution in [0, 0.1) is 0 Å². The summed E-state index contributed by atoms with van der Waals surface area (Å²) >= 11 is 0. The molecule has 3 aromatic rings. The molecule has 0 bridgehead atoms. The van der Waals surface area contributed by atoms with Gasteiger partial charge in [0.15, 0.2) is 0 Å². The molecular formula is C22H17N3O2. The van der Waals surface area contributed by atoms with Crippen molar-refractivity contribution >= 4 is 28.8 Å². The van der Waals surface area contributed by atoms with Gasteiger partial charge < -0.3 is 16.4 Å². The van der Waals surface area contributed by atoms with E-state index in [1.54, 1.807) is 30.5 Å². The zero-order valence-corrected chi connectivity index (χ0v) is 14.4. The molecule has 4 rings (SSSR count). The van der Waals surface area contributed by atoms with Crippen molar-refractivity contribution in [2.24, 2.45) is 5.73 Å². The van der Waals surface area contributed by atoms with Gasteiger partial charge in [-0.1, -0.05) is 48.5 Å². The van der Waals surface area contributed by atoms with Gasteiger partial charge in [-0.25, -0.2) is 0 Å². The van der Waals surface area contributed by atoms with Crippen molar-refractivity contribution in [2.75, 3.05) is 10.6 Å². The number of amides is 2. The predicted octanol–water partition coefficient (Wildman–Crippen LogP) is 3.86. The van der Waals surface area contributed by atoms with Crippen molar-refractivity contribution in [3.63, 3.8) is 0 Å². The molecule has 132 valence electrons. The number of nitrogens with one attached hydrogen (secondary N) is 2. The molecular weight excluding hydrogens is 338 g/mol. The number of rotatable bonds is 4. The van der Waals surface area contributed by atoms with E-state index in [4.69, 9.17) is 5.73 Å². The number of carbonyl (C=O) groups is 2. The van der Waals surface area contributed by atoms with Gasteiger partial charge in [-0.05, 0) is 35.4 Å². The second-order valence-electron chi connectivity index (χ2n) is 6.23. The second-order valence-corrected chi connectivity index (χ2v) is 6.23. The van der Waals surface area contributed by atoms with Crippen LogP contribution in [-0.2, 0) is 4.79 Å². The normalized spacial score (nSPS) is 13.9. The summed E-state index contributed by atoms with van der Waals surface area (Å²) in [5.41, 5.74) is 10.7. The Balaban J connectivity index is 1.63. The standard InChI is InChI=1S/C22H17N3O2/c23-21(26)16-7-4-8-17(11-16)24-13-19-18-10-9-15(12-20(18)25-22(19)27)14-5-2-1-3-6-14/h1-13,24H,(H2,23,26)(H,25,27)/b19-13-. The lowest BCUT2D eigenvalue weighted by molar-refractivity contribution is -0.110. The first-order valence-electron chi connectivity index (χ1n) is 8.49. The van der Waals surface area contributed by atoms with Gasteiger partial charge in [-0.2, -0.15) is 0 Å². The van der Waals surface area contributed by atoms with Crippen LogP contribution in [-0.4, -0.2) is 11.8 Å². The lowest BCUT2D eigenvalue weighted by atomic mass is 10.0. The fourth-order valence-corrected chi connectivity index (χ4v) is 3.07. The largest absolute Gasteiger partial charge is 0.366 e. The Labute approximate surface area is 156 Å². The highest BCUT2D eigenvalue weighted by Gasteiger charge is 2.24. The number of benzene rings is 3. The maximum atomic E-state index is 12.4. The molecule has 0 saturated heterocycles. The maximum absolute atomic E-state index is 12.4. The number of nitrogens with two attached hydrogens (primary N) is 1. The smallest absolute Gasteiger partial charge is 0.257 e. The average Bonchev–Trinajstić information content (AvgIpc) is 3.01. The molecule has 0 unspecified atom stereocenters. The van der Waals surface area contributed by atoms with E-state index in [-0.39, 0.29) is 5.91 Å². The third-order valence-electron chi connectivity index (χ3n) is 4.44. The van der Waals surface area contributed by atoms with Crippen LogP contribution >= 0.6 is 0 Å². The van der Waals surface area contributed by atoms with Gasteiger partial charge in [-0.15, -0.1) is 0 Å². The van der Waals surface area contributed by atoms with E-state index in [1.807, 2.05) is 48.5 Å². The molecule has 2 amide bonds. The Kier molecular flexibility index (Phi) is 4.18. The minimum atomic E-state index is -0.497. The molecule has 0 spiro atoms. The molecule has 3 aromatic carbocycles. The summed E-state index contributed by atoms with van der Waals surface area (Å²) in [6.07, 6.45) is 1.64. The second kappa shape index (κ2) is 6.80. The highest BCUT2D eigenvalue weighted by atomic mass is 16.2. The van der Waals surface area contributed by atoms with Crippen molar-refractivity contribution in [3.05, 3.63) is 90.1 Å². The molecule has 1 aliphatic heterocycles. The van der Waals surface area contributed by atoms with E-state index in [9.17, 15) is 9.59 Å². The lowest BCUT2D eigenvalue weighted by Gasteiger charge is -2.06. The van der Waals surface area contributed by atoms with Crippen molar-refractivity contribution in [1.82, 2.24) is 0 Å². The fourth-order valence-electron chi connectivity index (χ4n) is 3.07. The zero-order valence-electron chi connectivity index (χ0n) is 14.4. The quantitative estimate of drug-likeness (QED) is 0.621. The van der Waals surface area contributed by atoms with E-state index in [1.165, 1.54) is 0 Å². The molecule has 0 saturated carbocycles. The van der Waals surface area contributed by atoms with Crippen LogP contribution in [0.25, 0.3) is 16.7 Å². The SMILES string of the molecule is NC(=O)c1cccc(N/C=C2\C(=O)Nc3cc(-c4ccccc4)ccc32)c1. The minimum Gasteiger partial charge on any atom is -0.366 e. The molecule has 0 aliphatic carbocycles. The van der Waals surface area contributed by atoms with Crippen LogP contribution < -0.4 is 16.4 Å². The van der Waals surface area contributed by atoms with E-state index in [0.29, 0.717) is 16.8 Å². The minimum absolute atomic E-state index is 0.172. The first kappa shape index (κ1) is 16.6.